The van der Waals surface area contributed by atoms with E-state index in [-0.39, 0.29) is 17.2 Å². The van der Waals surface area contributed by atoms with Gasteiger partial charge < -0.3 is 5.32 Å². The number of fused-ring (bicyclic) bond motifs is 3. The molecule has 1 fully saturated rings. The number of nitrogens with one attached hydrogen (secondary N) is 1. The molecule has 0 unspecified atom stereocenters. The smallest absolute Gasteiger partial charge is 0.262 e. The third-order valence-corrected chi connectivity index (χ3v) is 7.08. The molecule has 1 aliphatic rings. The molecule has 10 heteroatoms. The Morgan fingerprint density at radius 3 is 2.82 bits per heavy atom. The highest BCUT2D eigenvalue weighted by Gasteiger charge is 2.21. The summed E-state index contributed by atoms with van der Waals surface area (Å²) in [6, 6.07) is 9.66. The van der Waals surface area contributed by atoms with Crippen molar-refractivity contribution in [3.63, 3.8) is 0 Å². The highest BCUT2D eigenvalue weighted by atomic mass is 32.2. The molecule has 0 spiro atoms. The largest absolute Gasteiger partial charge is 0.310 e. The minimum atomic E-state index is -0.125. The number of carbonyl (C=O) groups excluding carboxylic acids is 1. The Morgan fingerprint density at radius 2 is 2.00 bits per heavy atom. The maximum absolute atomic E-state index is 13.0. The van der Waals surface area contributed by atoms with E-state index < -0.39 is 0 Å². The van der Waals surface area contributed by atoms with Crippen LogP contribution in [0.15, 0.2) is 46.5 Å². The molecule has 1 saturated carbocycles. The second-order valence-electron chi connectivity index (χ2n) is 8.38. The van der Waals surface area contributed by atoms with Crippen LogP contribution in [0.25, 0.3) is 16.7 Å². The monoisotopic (exact) mass is 465 g/mol. The van der Waals surface area contributed by atoms with Crippen LogP contribution >= 0.6 is 11.8 Å². The van der Waals surface area contributed by atoms with Gasteiger partial charge in [0.1, 0.15) is 5.82 Å². The Kier molecular flexibility index (Phi) is 6.17. The number of amides is 1. The molecule has 1 N–H and O–H groups in total. The van der Waals surface area contributed by atoms with Gasteiger partial charge in [-0.1, -0.05) is 50.1 Å². The lowest BCUT2D eigenvalue weighted by atomic mass is 10.2. The van der Waals surface area contributed by atoms with Crippen molar-refractivity contribution in [2.75, 3.05) is 11.1 Å². The Labute approximate surface area is 195 Å². The zero-order chi connectivity index (χ0) is 22.8. The number of hydrogen-bond acceptors (Lipinski definition) is 6. The van der Waals surface area contributed by atoms with Crippen LogP contribution in [0.3, 0.4) is 0 Å². The van der Waals surface area contributed by atoms with Crippen LogP contribution in [0.5, 0.6) is 0 Å². The molecule has 0 bridgehead atoms. The number of carbonyl (C=O) groups is 1. The topological polar surface area (TPSA) is 99.1 Å². The summed E-state index contributed by atoms with van der Waals surface area (Å²) in [5.41, 5.74) is 0.686. The number of anilines is 1. The second-order valence-corrected chi connectivity index (χ2v) is 9.32. The summed E-state index contributed by atoms with van der Waals surface area (Å²) in [6.07, 6.45) is 8.17. The number of hydrogen-bond donors (Lipinski definition) is 1. The fourth-order valence-electron chi connectivity index (χ4n) is 4.51. The summed E-state index contributed by atoms with van der Waals surface area (Å²) in [5.74, 6) is 1.30. The van der Waals surface area contributed by atoms with Crippen molar-refractivity contribution < 1.29 is 4.79 Å². The Balaban J connectivity index is 1.40. The highest BCUT2D eigenvalue weighted by Crippen LogP contribution is 2.31. The van der Waals surface area contributed by atoms with Crippen LogP contribution in [0.2, 0.25) is 0 Å². The van der Waals surface area contributed by atoms with Crippen molar-refractivity contribution in [2.24, 2.45) is 0 Å². The van der Waals surface area contributed by atoms with E-state index in [4.69, 9.17) is 0 Å². The minimum Gasteiger partial charge on any atom is -0.310 e. The number of unbranched alkanes of at least 4 members (excludes halogenated alkanes) is 1. The van der Waals surface area contributed by atoms with Crippen molar-refractivity contribution in [1.82, 2.24) is 28.9 Å². The Bertz CT molecular complexity index is 1350. The molecule has 3 aromatic heterocycles. The van der Waals surface area contributed by atoms with Gasteiger partial charge >= 0.3 is 0 Å². The van der Waals surface area contributed by atoms with Gasteiger partial charge in [-0.05, 0) is 31.4 Å². The van der Waals surface area contributed by atoms with E-state index in [1.807, 2.05) is 39.4 Å². The maximum Gasteiger partial charge on any atom is 0.262 e. The van der Waals surface area contributed by atoms with Crippen molar-refractivity contribution in [3.8, 4) is 0 Å². The minimum absolute atomic E-state index is 0.0617. The van der Waals surface area contributed by atoms with Gasteiger partial charge in [0.2, 0.25) is 11.7 Å². The SMILES string of the molecule is CCCCn1c(=O)c2ccccc2n2c(SCC(=O)Nc3ccnn3C3CCCC3)nnc12. The predicted molar refractivity (Wildman–Crippen MR) is 129 cm³/mol. The number of aryl methyl sites for hydroxylation is 1. The summed E-state index contributed by atoms with van der Waals surface area (Å²) >= 11 is 1.31. The number of benzene rings is 1. The molecular weight excluding hydrogens is 438 g/mol. The van der Waals surface area contributed by atoms with E-state index in [2.05, 4.69) is 27.5 Å². The average Bonchev–Trinajstić information content (AvgIpc) is 3.58. The van der Waals surface area contributed by atoms with Crippen LogP contribution in [0, 0.1) is 0 Å². The van der Waals surface area contributed by atoms with Gasteiger partial charge in [0, 0.05) is 12.6 Å². The third-order valence-electron chi connectivity index (χ3n) is 6.15. The highest BCUT2D eigenvalue weighted by molar-refractivity contribution is 7.99. The second kappa shape index (κ2) is 9.38. The van der Waals surface area contributed by atoms with Crippen molar-refractivity contribution >= 4 is 40.2 Å². The van der Waals surface area contributed by atoms with Gasteiger partial charge in [-0.2, -0.15) is 5.10 Å². The van der Waals surface area contributed by atoms with Crippen molar-refractivity contribution in [2.45, 2.75) is 63.2 Å². The van der Waals surface area contributed by atoms with E-state index in [0.29, 0.717) is 28.9 Å². The molecule has 5 rings (SSSR count). The Hall–Kier alpha value is -3.14. The van der Waals surface area contributed by atoms with Crippen LogP contribution in [-0.2, 0) is 11.3 Å². The first kappa shape index (κ1) is 21.7. The lowest BCUT2D eigenvalue weighted by molar-refractivity contribution is -0.113. The van der Waals surface area contributed by atoms with Gasteiger partial charge in [0.05, 0.1) is 28.9 Å². The van der Waals surface area contributed by atoms with Gasteiger partial charge in [0.15, 0.2) is 5.16 Å². The van der Waals surface area contributed by atoms with E-state index >= 15 is 0 Å². The van der Waals surface area contributed by atoms with Gasteiger partial charge in [-0.15, -0.1) is 10.2 Å². The average molecular weight is 466 g/mol. The summed E-state index contributed by atoms with van der Waals surface area (Å²) in [4.78, 5) is 25.8. The molecule has 1 aromatic carbocycles. The third kappa shape index (κ3) is 4.15. The molecule has 0 atom stereocenters. The zero-order valence-electron chi connectivity index (χ0n) is 18.6. The fraction of sp³-hybridized carbons (Fsp3) is 0.435. The number of thioether (sulfide) groups is 1. The van der Waals surface area contributed by atoms with Crippen LogP contribution in [0.1, 0.15) is 51.5 Å². The number of rotatable bonds is 8. The molecule has 0 saturated heterocycles. The first-order valence-electron chi connectivity index (χ1n) is 11.5. The predicted octanol–water partition coefficient (Wildman–Crippen LogP) is 3.89. The lowest BCUT2D eigenvalue weighted by Gasteiger charge is -2.14. The van der Waals surface area contributed by atoms with Crippen molar-refractivity contribution in [1.29, 1.82) is 0 Å². The summed E-state index contributed by atoms with van der Waals surface area (Å²) in [6.45, 7) is 2.67. The van der Waals surface area contributed by atoms with Gasteiger partial charge in [0.25, 0.3) is 5.56 Å². The van der Waals surface area contributed by atoms with E-state index in [1.54, 1.807) is 10.8 Å². The fourth-order valence-corrected chi connectivity index (χ4v) is 5.25. The molecule has 172 valence electrons. The molecule has 0 aliphatic heterocycles. The van der Waals surface area contributed by atoms with Crippen LogP contribution in [0.4, 0.5) is 5.82 Å². The molecular formula is C23H27N7O2S. The normalized spacial score (nSPS) is 14.5. The standard InChI is InChI=1S/C23H27N7O2S/c1-2-3-14-28-21(32)17-10-6-7-11-18(17)29-22(28)26-27-23(29)33-15-20(31)25-19-12-13-24-30(19)16-8-4-5-9-16/h6-7,10-13,16H,2-5,8-9,14-15H2,1H3,(H,25,31). The molecule has 33 heavy (non-hydrogen) atoms. The van der Waals surface area contributed by atoms with E-state index in [1.165, 1.54) is 24.6 Å². The Morgan fingerprint density at radius 1 is 1.18 bits per heavy atom. The first-order valence-corrected chi connectivity index (χ1v) is 12.5. The number of nitrogens with zero attached hydrogens (tertiary/aromatic N) is 6. The van der Waals surface area contributed by atoms with Crippen LogP contribution in [-0.4, -0.2) is 40.6 Å². The summed E-state index contributed by atoms with van der Waals surface area (Å²) in [5, 5.41) is 17.2. The van der Waals surface area contributed by atoms with E-state index in [0.717, 1.165) is 37.0 Å². The first-order chi connectivity index (χ1) is 16.2. The molecule has 1 amide bonds. The number of aromatic nitrogens is 6. The summed E-state index contributed by atoms with van der Waals surface area (Å²) in [7, 11) is 0. The number of para-hydroxylation sites is 1. The maximum atomic E-state index is 13.0. The van der Waals surface area contributed by atoms with E-state index in [9.17, 15) is 9.59 Å². The lowest BCUT2D eigenvalue weighted by Crippen LogP contribution is -2.23. The van der Waals surface area contributed by atoms with Crippen LogP contribution < -0.4 is 10.9 Å². The molecule has 1 aliphatic carbocycles. The molecule has 3 heterocycles. The van der Waals surface area contributed by atoms with Crippen molar-refractivity contribution in [3.05, 3.63) is 46.9 Å². The molecule has 9 nitrogen and oxygen atoms in total. The molecule has 4 aromatic rings. The summed E-state index contributed by atoms with van der Waals surface area (Å²) < 4.78 is 5.50. The quantitative estimate of drug-likeness (QED) is 0.397. The van der Waals surface area contributed by atoms with Gasteiger partial charge in [-0.3, -0.25) is 18.6 Å². The zero-order valence-corrected chi connectivity index (χ0v) is 19.4. The van der Waals surface area contributed by atoms with Gasteiger partial charge in [-0.25, -0.2) is 4.68 Å². The molecule has 0 radical (unpaired) electrons.